The number of para-hydroxylation sites is 1. The van der Waals surface area contributed by atoms with E-state index in [1.807, 2.05) is 48.7 Å². The summed E-state index contributed by atoms with van der Waals surface area (Å²) in [6.07, 6.45) is 4.63. The smallest absolute Gasteiger partial charge is 0.328 e. The zero-order valence-electron chi connectivity index (χ0n) is 10.9. The van der Waals surface area contributed by atoms with Gasteiger partial charge in [0.05, 0.1) is 0 Å². The van der Waals surface area contributed by atoms with Crippen LogP contribution in [0.4, 0.5) is 0 Å². The molecule has 0 aliphatic carbocycles. The predicted octanol–water partition coefficient (Wildman–Crippen LogP) is 3.95. The fourth-order valence-corrected chi connectivity index (χ4v) is 1.73. The Morgan fingerprint density at radius 1 is 0.950 bits per heavy atom. The van der Waals surface area contributed by atoms with Gasteiger partial charge in [0, 0.05) is 17.8 Å². The molecule has 1 heterocycles. The molecule has 0 saturated heterocycles. The quantitative estimate of drug-likeness (QED) is 0.689. The van der Waals surface area contributed by atoms with E-state index in [4.69, 9.17) is 5.11 Å². The average Bonchev–Trinajstić information content (AvgIpc) is 2.95. The molecule has 0 saturated carbocycles. The monoisotopic (exact) mass is 265 g/mol. The Hall–Kier alpha value is -2.81. The second-order valence-electron chi connectivity index (χ2n) is 4.15. The largest absolute Gasteiger partial charge is 0.478 e. The zero-order chi connectivity index (χ0) is 14.2. The van der Waals surface area contributed by atoms with Gasteiger partial charge in [0.2, 0.25) is 0 Å². The van der Waals surface area contributed by atoms with Crippen LogP contribution in [0.5, 0.6) is 0 Å². The number of nitrogens with one attached hydrogen (secondary N) is 1. The van der Waals surface area contributed by atoms with E-state index >= 15 is 0 Å². The van der Waals surface area contributed by atoms with Crippen molar-refractivity contribution in [1.29, 1.82) is 0 Å². The van der Waals surface area contributed by atoms with E-state index < -0.39 is 5.97 Å². The van der Waals surface area contributed by atoms with Gasteiger partial charge in [-0.05, 0) is 29.2 Å². The number of rotatable bonds is 2. The lowest BCUT2D eigenvalue weighted by atomic mass is 10.2. The number of carboxylic acids is 1. The Morgan fingerprint density at radius 2 is 1.65 bits per heavy atom. The molecule has 20 heavy (non-hydrogen) atoms. The highest BCUT2D eigenvalue weighted by Crippen LogP contribution is 2.09. The molecule has 0 bridgehead atoms. The Bertz CT molecular complexity index is 669. The van der Waals surface area contributed by atoms with Gasteiger partial charge in [0.1, 0.15) is 0 Å². The number of carbonyl (C=O) groups is 1. The summed E-state index contributed by atoms with van der Waals surface area (Å²) in [5.41, 5.74) is 2.10. The molecule has 1 aromatic heterocycles. The maximum atomic E-state index is 10.1. The molecule has 0 unspecified atom stereocenters. The molecular formula is C17H15NO2. The van der Waals surface area contributed by atoms with Crippen molar-refractivity contribution in [2.45, 2.75) is 0 Å². The Labute approximate surface area is 117 Å². The lowest BCUT2D eigenvalue weighted by Crippen LogP contribution is -1.85. The van der Waals surface area contributed by atoms with E-state index in [9.17, 15) is 4.79 Å². The second-order valence-corrected chi connectivity index (χ2v) is 4.15. The van der Waals surface area contributed by atoms with Crippen molar-refractivity contribution < 1.29 is 9.90 Å². The van der Waals surface area contributed by atoms with Crippen molar-refractivity contribution in [2.24, 2.45) is 0 Å². The molecule has 100 valence electrons. The van der Waals surface area contributed by atoms with Crippen LogP contribution in [0.25, 0.3) is 17.0 Å². The average molecular weight is 265 g/mol. The molecule has 0 fully saturated rings. The highest BCUT2D eigenvalue weighted by Gasteiger charge is 1.87. The maximum absolute atomic E-state index is 10.1. The number of aromatic amines is 1. The molecular weight excluding hydrogens is 250 g/mol. The van der Waals surface area contributed by atoms with Gasteiger partial charge in [-0.25, -0.2) is 4.79 Å². The van der Waals surface area contributed by atoms with Crippen LogP contribution in [-0.2, 0) is 4.79 Å². The molecule has 3 heteroatoms. The van der Waals surface area contributed by atoms with E-state index in [0.29, 0.717) is 0 Å². The first-order valence-electron chi connectivity index (χ1n) is 6.24. The highest BCUT2D eigenvalue weighted by molar-refractivity contribution is 5.85. The topological polar surface area (TPSA) is 53.1 Å². The Kier molecular flexibility index (Phi) is 4.73. The van der Waals surface area contributed by atoms with Crippen LogP contribution < -0.4 is 0 Å². The molecule has 2 N–H and O–H groups in total. The van der Waals surface area contributed by atoms with Crippen molar-refractivity contribution in [3.05, 3.63) is 78.5 Å². The summed E-state index contributed by atoms with van der Waals surface area (Å²) in [4.78, 5) is 13.2. The van der Waals surface area contributed by atoms with Crippen LogP contribution in [0.1, 0.15) is 5.56 Å². The first kappa shape index (κ1) is 13.6. The minimum atomic E-state index is -0.922. The number of aliphatic carboxylic acids is 1. The van der Waals surface area contributed by atoms with Crippen molar-refractivity contribution in [2.75, 3.05) is 0 Å². The summed E-state index contributed by atoms with van der Waals surface area (Å²) in [6.45, 7) is 0. The Balaban J connectivity index is 0.000000149. The third kappa shape index (κ3) is 4.14. The van der Waals surface area contributed by atoms with Crippen molar-refractivity contribution in [1.82, 2.24) is 4.98 Å². The van der Waals surface area contributed by atoms with E-state index in [1.165, 1.54) is 10.9 Å². The van der Waals surface area contributed by atoms with E-state index in [0.717, 1.165) is 11.6 Å². The molecule has 0 amide bonds. The van der Waals surface area contributed by atoms with Gasteiger partial charge in [-0.2, -0.15) is 0 Å². The van der Waals surface area contributed by atoms with Crippen LogP contribution in [0.15, 0.2) is 72.9 Å². The lowest BCUT2D eigenvalue weighted by Gasteiger charge is -1.87. The van der Waals surface area contributed by atoms with Gasteiger partial charge in [-0.1, -0.05) is 48.5 Å². The summed E-state index contributed by atoms with van der Waals surface area (Å²) in [5, 5.41) is 9.56. The second kappa shape index (κ2) is 6.95. The standard InChI is InChI=1S/C9H8O2.C8H7N/c10-9(11)7-6-8-4-2-1-3-5-8;1-2-4-8-7(3-1)5-6-9-8/h1-7H,(H,10,11);1-6,9H. The fraction of sp³-hybridized carbons (Fsp3) is 0. The normalized spacial score (nSPS) is 10.2. The van der Waals surface area contributed by atoms with Gasteiger partial charge in [-0.3, -0.25) is 0 Å². The molecule has 3 rings (SSSR count). The van der Waals surface area contributed by atoms with Gasteiger partial charge in [0.25, 0.3) is 0 Å². The van der Waals surface area contributed by atoms with Gasteiger partial charge in [-0.15, -0.1) is 0 Å². The van der Waals surface area contributed by atoms with Crippen molar-refractivity contribution in [3.63, 3.8) is 0 Å². The molecule has 2 aromatic carbocycles. The molecule has 0 radical (unpaired) electrons. The number of fused-ring (bicyclic) bond motifs is 1. The van der Waals surface area contributed by atoms with Gasteiger partial charge < -0.3 is 10.1 Å². The number of hydrogen-bond acceptors (Lipinski definition) is 1. The molecule has 0 aliphatic heterocycles. The number of aromatic nitrogens is 1. The summed E-state index contributed by atoms with van der Waals surface area (Å²) in [7, 11) is 0. The van der Waals surface area contributed by atoms with E-state index in [2.05, 4.69) is 23.2 Å². The maximum Gasteiger partial charge on any atom is 0.328 e. The molecule has 0 aliphatic rings. The first-order chi connectivity index (χ1) is 9.75. The summed E-state index contributed by atoms with van der Waals surface area (Å²) < 4.78 is 0. The fourth-order valence-electron chi connectivity index (χ4n) is 1.73. The van der Waals surface area contributed by atoms with Crippen LogP contribution in [0.3, 0.4) is 0 Å². The lowest BCUT2D eigenvalue weighted by molar-refractivity contribution is -0.131. The highest BCUT2D eigenvalue weighted by atomic mass is 16.4. The van der Waals surface area contributed by atoms with Crippen LogP contribution in [0, 0.1) is 0 Å². The SMILES string of the molecule is O=C(O)C=Cc1ccccc1.c1ccc2[nH]ccc2c1. The van der Waals surface area contributed by atoms with Crippen LogP contribution >= 0.6 is 0 Å². The molecule has 0 atom stereocenters. The molecule has 0 spiro atoms. The zero-order valence-corrected chi connectivity index (χ0v) is 10.9. The summed E-state index contributed by atoms with van der Waals surface area (Å²) in [5.74, 6) is -0.922. The third-order valence-electron chi connectivity index (χ3n) is 2.68. The number of benzene rings is 2. The number of carboxylic acid groups (broad SMARTS) is 1. The van der Waals surface area contributed by atoms with E-state index in [-0.39, 0.29) is 0 Å². The minimum absolute atomic E-state index is 0.898. The minimum Gasteiger partial charge on any atom is -0.478 e. The molecule has 3 aromatic rings. The van der Waals surface area contributed by atoms with E-state index in [1.54, 1.807) is 6.08 Å². The van der Waals surface area contributed by atoms with Gasteiger partial charge in [0.15, 0.2) is 0 Å². The van der Waals surface area contributed by atoms with Crippen LogP contribution in [-0.4, -0.2) is 16.1 Å². The predicted molar refractivity (Wildman–Crippen MR) is 81.4 cm³/mol. The third-order valence-corrected chi connectivity index (χ3v) is 2.68. The number of hydrogen-bond donors (Lipinski definition) is 2. The summed E-state index contributed by atoms with van der Waals surface area (Å²) in [6, 6.07) is 19.6. The first-order valence-corrected chi connectivity index (χ1v) is 6.24. The number of H-pyrrole nitrogens is 1. The molecule has 3 nitrogen and oxygen atoms in total. The van der Waals surface area contributed by atoms with Crippen molar-refractivity contribution >= 4 is 22.9 Å². The Morgan fingerprint density at radius 3 is 2.35 bits per heavy atom. The van der Waals surface area contributed by atoms with Crippen LogP contribution in [0.2, 0.25) is 0 Å². The summed E-state index contributed by atoms with van der Waals surface area (Å²) >= 11 is 0. The van der Waals surface area contributed by atoms with Gasteiger partial charge >= 0.3 is 5.97 Å². The van der Waals surface area contributed by atoms with Crippen molar-refractivity contribution in [3.8, 4) is 0 Å².